The number of nitrogens with two attached hydrogens (primary N) is 1. The molecular formula is C23H19Br2N4O6PS. The van der Waals surface area contributed by atoms with E-state index in [1.54, 1.807) is 30.3 Å². The van der Waals surface area contributed by atoms with Gasteiger partial charge in [0.05, 0.1) is 16.3 Å². The van der Waals surface area contributed by atoms with Crippen LogP contribution in [0.5, 0.6) is 0 Å². The van der Waals surface area contributed by atoms with E-state index in [1.165, 1.54) is 28.9 Å². The molecule has 0 aliphatic carbocycles. The van der Waals surface area contributed by atoms with E-state index < -0.39 is 30.4 Å². The monoisotopic (exact) mass is 668 g/mol. The van der Waals surface area contributed by atoms with Crippen LogP contribution in [-0.2, 0) is 19.1 Å². The van der Waals surface area contributed by atoms with Gasteiger partial charge in [-0.1, -0.05) is 56.1 Å². The van der Waals surface area contributed by atoms with Crippen LogP contribution in [0, 0.1) is 0 Å². The van der Waals surface area contributed by atoms with Gasteiger partial charge < -0.3 is 10.2 Å². The molecule has 10 nitrogen and oxygen atoms in total. The summed E-state index contributed by atoms with van der Waals surface area (Å²) < 4.78 is 43.0. The molecule has 0 aliphatic heterocycles. The average molecular weight is 670 g/mol. The van der Waals surface area contributed by atoms with Crippen LogP contribution >= 0.6 is 40.1 Å². The Labute approximate surface area is 229 Å². The molecule has 4 rings (SSSR count). The summed E-state index contributed by atoms with van der Waals surface area (Å²) in [6.45, 7) is 0. The zero-order chi connectivity index (χ0) is 26.7. The maximum Gasteiger partial charge on any atom is 0.318 e. The smallest absolute Gasteiger partial charge is 0.318 e. The Morgan fingerprint density at radius 1 is 1.00 bits per heavy atom. The molecule has 0 saturated carbocycles. The first-order chi connectivity index (χ1) is 17.5. The fourth-order valence-electron chi connectivity index (χ4n) is 3.40. The van der Waals surface area contributed by atoms with Crippen molar-refractivity contribution < 1.29 is 27.2 Å². The molecule has 4 aromatic rings. The van der Waals surface area contributed by atoms with Gasteiger partial charge in [0.25, 0.3) is 5.91 Å². The molecule has 37 heavy (non-hydrogen) atoms. The fourth-order valence-corrected chi connectivity index (χ4v) is 4.85. The van der Waals surface area contributed by atoms with Crippen LogP contribution in [0.2, 0.25) is 0 Å². The number of carbonyl (C=O) groups excluding carboxylic acids is 1. The van der Waals surface area contributed by atoms with Crippen molar-refractivity contribution in [2.24, 2.45) is 5.14 Å². The van der Waals surface area contributed by atoms with Crippen molar-refractivity contribution in [3.05, 3.63) is 99.1 Å². The molecule has 3 aromatic carbocycles. The molecule has 2 atom stereocenters. The standard InChI is InChI=1S/C23H19Br2N4O6PS/c24-16-5-1-14(2-6-16)21-13-20(28-29(21)18-9-11-19(12-10-18)37(26,33)34)22(30)27-23(35-36(31)32)15-3-7-17(25)8-4-15/h1-13,23,36H,(H,27,30)(H,31,32)(H2,26,33,34). The molecule has 0 radical (unpaired) electrons. The van der Waals surface area contributed by atoms with Crippen molar-refractivity contribution in [3.8, 4) is 16.9 Å². The highest BCUT2D eigenvalue weighted by atomic mass is 79.9. The van der Waals surface area contributed by atoms with Crippen molar-refractivity contribution in [1.29, 1.82) is 0 Å². The van der Waals surface area contributed by atoms with Crippen LogP contribution in [-0.4, -0.2) is 29.0 Å². The average Bonchev–Trinajstić information content (AvgIpc) is 3.29. The summed E-state index contributed by atoms with van der Waals surface area (Å²) in [5.74, 6) is -0.658. The molecule has 14 heteroatoms. The quantitative estimate of drug-likeness (QED) is 0.184. The van der Waals surface area contributed by atoms with Gasteiger partial charge in [0.15, 0.2) is 11.9 Å². The number of sulfonamides is 1. The van der Waals surface area contributed by atoms with Gasteiger partial charge >= 0.3 is 8.25 Å². The number of amides is 1. The zero-order valence-corrected chi connectivity index (χ0v) is 23.7. The lowest BCUT2D eigenvalue weighted by atomic mass is 10.1. The maximum absolute atomic E-state index is 13.2. The summed E-state index contributed by atoms with van der Waals surface area (Å²) in [6.07, 6.45) is -1.20. The Bertz CT molecular complexity index is 1560. The summed E-state index contributed by atoms with van der Waals surface area (Å²) in [5, 5.41) is 12.2. The lowest BCUT2D eigenvalue weighted by Crippen LogP contribution is -2.29. The Morgan fingerprint density at radius 3 is 2.11 bits per heavy atom. The number of nitrogens with zero attached hydrogens (tertiary/aromatic N) is 2. The summed E-state index contributed by atoms with van der Waals surface area (Å²) >= 11 is 6.71. The molecule has 192 valence electrons. The van der Waals surface area contributed by atoms with E-state index in [0.29, 0.717) is 16.9 Å². The van der Waals surface area contributed by atoms with Crippen molar-refractivity contribution in [3.63, 3.8) is 0 Å². The molecular weight excluding hydrogens is 651 g/mol. The Balaban J connectivity index is 1.73. The van der Waals surface area contributed by atoms with Crippen molar-refractivity contribution in [2.75, 3.05) is 0 Å². The second kappa shape index (κ2) is 11.4. The third kappa shape index (κ3) is 6.82. The molecule has 1 amide bonds. The number of benzene rings is 3. The third-order valence-corrected chi connectivity index (χ3v) is 7.57. The van der Waals surface area contributed by atoms with Gasteiger partial charge in [-0.15, -0.1) is 0 Å². The zero-order valence-electron chi connectivity index (χ0n) is 18.7. The van der Waals surface area contributed by atoms with E-state index in [4.69, 9.17) is 9.66 Å². The number of nitrogens with one attached hydrogen (secondary N) is 1. The van der Waals surface area contributed by atoms with Crippen LogP contribution in [0.4, 0.5) is 0 Å². The number of hydrogen-bond donors (Lipinski definition) is 3. The number of carbonyl (C=O) groups is 1. The first-order valence-electron chi connectivity index (χ1n) is 10.5. The predicted octanol–water partition coefficient (Wildman–Crippen LogP) is 4.54. The van der Waals surface area contributed by atoms with E-state index in [9.17, 15) is 22.7 Å². The van der Waals surface area contributed by atoms with E-state index in [1.807, 2.05) is 24.3 Å². The van der Waals surface area contributed by atoms with Crippen molar-refractivity contribution in [1.82, 2.24) is 15.1 Å². The minimum Gasteiger partial charge on any atom is -0.326 e. The molecule has 1 heterocycles. The van der Waals surface area contributed by atoms with E-state index >= 15 is 0 Å². The maximum atomic E-state index is 13.2. The van der Waals surface area contributed by atoms with E-state index in [0.717, 1.165) is 14.5 Å². The van der Waals surface area contributed by atoms with E-state index in [2.05, 4.69) is 42.3 Å². The number of aromatic nitrogens is 2. The molecule has 0 saturated heterocycles. The van der Waals surface area contributed by atoms with Gasteiger partial charge in [0, 0.05) is 20.1 Å². The first-order valence-corrected chi connectivity index (χ1v) is 14.9. The largest absolute Gasteiger partial charge is 0.326 e. The molecule has 0 bridgehead atoms. The molecule has 0 spiro atoms. The number of rotatable bonds is 8. The molecule has 4 N–H and O–H groups in total. The Morgan fingerprint density at radius 2 is 1.57 bits per heavy atom. The normalized spacial score (nSPS) is 13.2. The highest BCUT2D eigenvalue weighted by Crippen LogP contribution is 2.29. The van der Waals surface area contributed by atoms with Crippen LogP contribution in [0.15, 0.2) is 92.7 Å². The summed E-state index contributed by atoms with van der Waals surface area (Å²) in [6, 6.07) is 21.3. The Hall–Kier alpha value is -2.64. The number of hydrogen-bond acceptors (Lipinski definition) is 6. The van der Waals surface area contributed by atoms with Crippen molar-refractivity contribution in [2.45, 2.75) is 11.1 Å². The highest BCUT2D eigenvalue weighted by Gasteiger charge is 2.22. The van der Waals surface area contributed by atoms with Crippen LogP contribution < -0.4 is 10.5 Å². The highest BCUT2D eigenvalue weighted by molar-refractivity contribution is 9.10. The van der Waals surface area contributed by atoms with Gasteiger partial charge in [-0.2, -0.15) is 5.10 Å². The van der Waals surface area contributed by atoms with E-state index in [-0.39, 0.29) is 10.6 Å². The first kappa shape index (κ1) is 27.4. The SMILES string of the molecule is NS(=O)(=O)c1ccc(-n2nc(C(=O)NC(O[PH](=O)O)c3ccc(Br)cc3)cc2-c2ccc(Br)cc2)cc1. The van der Waals surface area contributed by atoms with Gasteiger partial charge in [-0.05, 0) is 54.6 Å². The second-order valence-electron chi connectivity index (χ2n) is 7.66. The Kier molecular flexibility index (Phi) is 8.44. The molecule has 1 aromatic heterocycles. The van der Waals surface area contributed by atoms with Gasteiger partial charge in [0.2, 0.25) is 10.0 Å². The lowest BCUT2D eigenvalue weighted by Gasteiger charge is -2.17. The minimum absolute atomic E-state index is 0.00300. The van der Waals surface area contributed by atoms with Gasteiger partial charge in [0.1, 0.15) is 0 Å². The van der Waals surface area contributed by atoms with Crippen molar-refractivity contribution >= 4 is 56.0 Å². The topological polar surface area (TPSA) is 154 Å². The molecule has 0 fully saturated rings. The third-order valence-electron chi connectivity index (χ3n) is 5.15. The van der Waals surface area contributed by atoms with Crippen LogP contribution in [0.25, 0.3) is 16.9 Å². The predicted molar refractivity (Wildman–Crippen MR) is 145 cm³/mol. The summed E-state index contributed by atoms with van der Waals surface area (Å²) in [5.41, 5.74) is 2.20. The summed E-state index contributed by atoms with van der Waals surface area (Å²) in [4.78, 5) is 22.5. The van der Waals surface area contributed by atoms with Gasteiger partial charge in [-0.3, -0.25) is 13.9 Å². The second-order valence-corrected chi connectivity index (χ2v) is 11.8. The lowest BCUT2D eigenvalue weighted by molar-refractivity contribution is 0.0817. The van der Waals surface area contributed by atoms with Crippen LogP contribution in [0.3, 0.4) is 0 Å². The molecule has 0 aliphatic rings. The van der Waals surface area contributed by atoms with Gasteiger partial charge in [-0.25, -0.2) is 18.2 Å². The minimum atomic E-state index is -3.89. The molecule has 2 unspecified atom stereocenters. The summed E-state index contributed by atoms with van der Waals surface area (Å²) in [7, 11) is -7.28. The number of halogens is 2. The van der Waals surface area contributed by atoms with Crippen LogP contribution in [0.1, 0.15) is 22.3 Å². The number of primary sulfonamides is 1. The fraction of sp³-hybridized carbons (Fsp3) is 0.0435.